The molecule has 2 heterocycles. The summed E-state index contributed by atoms with van der Waals surface area (Å²) in [5.41, 5.74) is 1.17. The quantitative estimate of drug-likeness (QED) is 0.845. The topological polar surface area (TPSA) is 73.7 Å². The Balaban J connectivity index is 1.35. The Bertz CT molecular complexity index is 592. The van der Waals surface area contributed by atoms with Gasteiger partial charge in [0.1, 0.15) is 0 Å². The van der Waals surface area contributed by atoms with Crippen LogP contribution >= 0.6 is 0 Å². The second-order valence-corrected chi connectivity index (χ2v) is 7.60. The van der Waals surface area contributed by atoms with Crippen molar-refractivity contribution in [1.82, 2.24) is 9.88 Å². The van der Waals surface area contributed by atoms with Crippen LogP contribution in [0.2, 0.25) is 0 Å². The number of rotatable bonds is 6. The van der Waals surface area contributed by atoms with Crippen molar-refractivity contribution in [3.8, 4) is 0 Å². The van der Waals surface area contributed by atoms with E-state index in [0.29, 0.717) is 24.7 Å². The van der Waals surface area contributed by atoms with Crippen molar-refractivity contribution in [3.05, 3.63) is 24.5 Å². The molecule has 26 heavy (non-hydrogen) atoms. The first-order valence-corrected chi connectivity index (χ1v) is 9.76. The van der Waals surface area contributed by atoms with Crippen LogP contribution in [0.3, 0.4) is 0 Å². The third kappa shape index (κ3) is 5.19. The van der Waals surface area contributed by atoms with Gasteiger partial charge in [0.25, 0.3) is 0 Å². The number of nitrogens with zero attached hydrogens (tertiary/aromatic N) is 3. The molecule has 0 unspecified atom stereocenters. The van der Waals surface area contributed by atoms with Gasteiger partial charge in [-0.2, -0.15) is 0 Å². The Labute approximate surface area is 155 Å². The highest BCUT2D eigenvalue weighted by atomic mass is 16.4. The molecule has 1 saturated carbocycles. The van der Waals surface area contributed by atoms with Crippen LogP contribution in [0.1, 0.15) is 44.9 Å². The molecule has 3 rings (SSSR count). The highest BCUT2D eigenvalue weighted by Crippen LogP contribution is 2.33. The number of carbonyl (C=O) groups is 2. The Morgan fingerprint density at radius 3 is 2.23 bits per heavy atom. The van der Waals surface area contributed by atoms with Crippen LogP contribution in [0.4, 0.5) is 5.69 Å². The van der Waals surface area contributed by atoms with Crippen LogP contribution in [0.5, 0.6) is 0 Å². The second-order valence-electron chi connectivity index (χ2n) is 7.60. The number of carbonyl (C=O) groups excluding carboxylic acids is 1. The molecule has 6 nitrogen and oxygen atoms in total. The van der Waals surface area contributed by atoms with E-state index in [1.165, 1.54) is 5.69 Å². The van der Waals surface area contributed by atoms with Crippen LogP contribution in [0.15, 0.2) is 24.5 Å². The number of hydrogen-bond donors (Lipinski definition) is 1. The molecule has 1 saturated heterocycles. The Kier molecular flexibility index (Phi) is 6.47. The third-order valence-electron chi connectivity index (χ3n) is 5.86. The number of carboxylic acid groups (broad SMARTS) is 1. The van der Waals surface area contributed by atoms with E-state index in [1.54, 1.807) is 12.4 Å². The summed E-state index contributed by atoms with van der Waals surface area (Å²) in [4.78, 5) is 31.7. The maximum Gasteiger partial charge on any atom is 0.303 e. The van der Waals surface area contributed by atoms with Gasteiger partial charge in [-0.05, 0) is 43.2 Å². The van der Waals surface area contributed by atoms with E-state index in [4.69, 9.17) is 5.11 Å². The van der Waals surface area contributed by atoms with Gasteiger partial charge in [0.2, 0.25) is 5.91 Å². The van der Waals surface area contributed by atoms with Crippen LogP contribution in [-0.4, -0.2) is 53.0 Å². The second kappa shape index (κ2) is 9.01. The van der Waals surface area contributed by atoms with E-state index in [-0.39, 0.29) is 5.91 Å². The molecule has 2 aliphatic rings. The van der Waals surface area contributed by atoms with Crippen molar-refractivity contribution in [2.75, 3.05) is 31.1 Å². The smallest absolute Gasteiger partial charge is 0.303 e. The van der Waals surface area contributed by atoms with Gasteiger partial charge in [-0.25, -0.2) is 0 Å². The van der Waals surface area contributed by atoms with E-state index in [9.17, 15) is 9.59 Å². The van der Waals surface area contributed by atoms with Crippen molar-refractivity contribution < 1.29 is 14.7 Å². The van der Waals surface area contributed by atoms with E-state index in [0.717, 1.165) is 58.3 Å². The number of piperazine rings is 1. The number of pyridine rings is 1. The number of amides is 1. The first kappa shape index (κ1) is 18.7. The van der Waals surface area contributed by atoms with Gasteiger partial charge < -0.3 is 14.9 Å². The minimum absolute atomic E-state index is 0.270. The Morgan fingerprint density at radius 1 is 1.00 bits per heavy atom. The molecule has 6 heteroatoms. The first-order chi connectivity index (χ1) is 12.6. The lowest BCUT2D eigenvalue weighted by Crippen LogP contribution is -2.48. The van der Waals surface area contributed by atoms with Gasteiger partial charge in [-0.1, -0.05) is 12.8 Å². The zero-order valence-corrected chi connectivity index (χ0v) is 15.3. The number of hydrogen-bond acceptors (Lipinski definition) is 4. The molecular formula is C20H29N3O3. The fourth-order valence-corrected chi connectivity index (χ4v) is 4.23. The summed E-state index contributed by atoms with van der Waals surface area (Å²) in [5.74, 6) is 0.504. The zero-order valence-electron chi connectivity index (χ0n) is 15.3. The molecule has 0 spiro atoms. The molecule has 1 aromatic heterocycles. The van der Waals surface area contributed by atoms with E-state index < -0.39 is 5.97 Å². The molecule has 2 fully saturated rings. The van der Waals surface area contributed by atoms with Crippen molar-refractivity contribution >= 4 is 17.6 Å². The molecule has 0 aromatic carbocycles. The number of anilines is 1. The zero-order chi connectivity index (χ0) is 18.4. The van der Waals surface area contributed by atoms with Crippen molar-refractivity contribution in [1.29, 1.82) is 0 Å². The summed E-state index contributed by atoms with van der Waals surface area (Å²) in [6.45, 7) is 3.31. The normalized spacial score (nSPS) is 23.7. The van der Waals surface area contributed by atoms with E-state index in [2.05, 4.69) is 9.88 Å². The van der Waals surface area contributed by atoms with Crippen LogP contribution in [-0.2, 0) is 9.59 Å². The van der Waals surface area contributed by atoms with Crippen molar-refractivity contribution in [3.63, 3.8) is 0 Å². The van der Waals surface area contributed by atoms with Gasteiger partial charge in [0.15, 0.2) is 0 Å². The first-order valence-electron chi connectivity index (χ1n) is 9.76. The standard InChI is InChI=1S/C20H29N3O3/c24-19(6-5-16-1-3-17(4-2-16)15-20(25)26)23-13-11-22(12-14-23)18-7-9-21-10-8-18/h7-10,16-17H,1-6,11-15H2,(H,25,26). The average molecular weight is 359 g/mol. The number of carboxylic acids is 1. The summed E-state index contributed by atoms with van der Waals surface area (Å²) in [7, 11) is 0. The van der Waals surface area contributed by atoms with Crippen molar-refractivity contribution in [2.24, 2.45) is 11.8 Å². The highest BCUT2D eigenvalue weighted by Gasteiger charge is 2.25. The molecule has 1 aliphatic carbocycles. The molecule has 1 aromatic rings. The van der Waals surface area contributed by atoms with E-state index in [1.807, 2.05) is 17.0 Å². The van der Waals surface area contributed by atoms with Crippen LogP contribution in [0.25, 0.3) is 0 Å². The van der Waals surface area contributed by atoms with Crippen molar-refractivity contribution in [2.45, 2.75) is 44.9 Å². The summed E-state index contributed by atoms with van der Waals surface area (Å²) >= 11 is 0. The third-order valence-corrected chi connectivity index (χ3v) is 5.86. The molecule has 142 valence electrons. The largest absolute Gasteiger partial charge is 0.481 e. The average Bonchev–Trinajstić information content (AvgIpc) is 2.67. The summed E-state index contributed by atoms with van der Waals surface area (Å²) < 4.78 is 0. The minimum Gasteiger partial charge on any atom is -0.481 e. The fraction of sp³-hybridized carbons (Fsp3) is 0.650. The van der Waals surface area contributed by atoms with E-state index >= 15 is 0 Å². The lowest BCUT2D eigenvalue weighted by atomic mass is 9.79. The Hall–Kier alpha value is -2.11. The van der Waals surface area contributed by atoms with Gasteiger partial charge in [0.05, 0.1) is 0 Å². The minimum atomic E-state index is -0.686. The summed E-state index contributed by atoms with van der Waals surface area (Å²) in [5, 5.41) is 8.89. The van der Waals surface area contributed by atoms with Gasteiger partial charge >= 0.3 is 5.97 Å². The lowest BCUT2D eigenvalue weighted by Gasteiger charge is -2.36. The number of aromatic nitrogens is 1. The molecule has 0 bridgehead atoms. The van der Waals surface area contributed by atoms with Gasteiger partial charge in [-0.3, -0.25) is 14.6 Å². The summed E-state index contributed by atoms with van der Waals surface area (Å²) in [6.07, 6.45) is 9.61. The molecule has 1 aliphatic heterocycles. The SMILES string of the molecule is O=C(O)CC1CCC(CCC(=O)N2CCN(c3ccncc3)CC2)CC1. The number of aliphatic carboxylic acids is 1. The Morgan fingerprint density at radius 2 is 1.62 bits per heavy atom. The molecule has 0 radical (unpaired) electrons. The molecule has 1 amide bonds. The highest BCUT2D eigenvalue weighted by molar-refractivity contribution is 5.76. The van der Waals surface area contributed by atoms with Crippen LogP contribution in [0, 0.1) is 11.8 Å². The maximum absolute atomic E-state index is 12.5. The molecule has 0 atom stereocenters. The molecular weight excluding hydrogens is 330 g/mol. The molecule has 1 N–H and O–H groups in total. The van der Waals surface area contributed by atoms with Gasteiger partial charge in [-0.15, -0.1) is 0 Å². The predicted molar refractivity (Wildman–Crippen MR) is 100.0 cm³/mol. The summed E-state index contributed by atoms with van der Waals surface area (Å²) in [6, 6.07) is 4.02. The lowest BCUT2D eigenvalue weighted by molar-refractivity contribution is -0.138. The predicted octanol–water partition coefficient (Wildman–Crippen LogP) is 2.79. The maximum atomic E-state index is 12.5. The fourth-order valence-electron chi connectivity index (χ4n) is 4.23. The van der Waals surface area contributed by atoms with Gasteiger partial charge in [0, 0.05) is 57.1 Å². The van der Waals surface area contributed by atoms with Crippen LogP contribution < -0.4 is 4.90 Å². The monoisotopic (exact) mass is 359 g/mol.